The van der Waals surface area contributed by atoms with Crippen LogP contribution in [0.5, 0.6) is 11.5 Å². The molecule has 0 aliphatic carbocycles. The highest BCUT2D eigenvalue weighted by atomic mass is 79.9. The largest absolute Gasteiger partial charge is 0.493 e. The minimum absolute atomic E-state index is 0.188. The summed E-state index contributed by atoms with van der Waals surface area (Å²) in [5, 5.41) is 3.36. The number of ether oxygens (including phenoxy) is 2. The topological polar surface area (TPSA) is 59.9 Å². The number of hydrogen-bond donors (Lipinski definition) is 1. The average molecular weight is 526 g/mol. The fourth-order valence-electron chi connectivity index (χ4n) is 2.60. The van der Waals surface area contributed by atoms with Crippen LogP contribution in [0.2, 0.25) is 0 Å². The van der Waals surface area contributed by atoms with E-state index in [2.05, 4.69) is 49.1 Å². The number of nitrogens with one attached hydrogen (secondary N) is 1. The van der Waals surface area contributed by atoms with E-state index >= 15 is 0 Å². The number of hydrogen-bond acceptors (Lipinski definition) is 5. The quantitative estimate of drug-likeness (QED) is 0.510. The molecule has 2 aromatic carbocycles. The van der Waals surface area contributed by atoms with Crippen molar-refractivity contribution in [2.45, 2.75) is 13.3 Å². The Morgan fingerprint density at radius 3 is 2.46 bits per heavy atom. The number of aryl methyl sites for hydroxylation is 1. The normalized spacial score (nSPS) is 16.5. The molecule has 1 aliphatic heterocycles. The first-order valence-corrected chi connectivity index (χ1v) is 10.9. The number of carbonyl (C=O) groups excluding carboxylic acids is 1. The second kappa shape index (κ2) is 9.15. The summed E-state index contributed by atoms with van der Waals surface area (Å²) in [6, 6.07) is 9.78. The molecule has 0 atom stereocenters. The van der Waals surface area contributed by atoms with E-state index in [0.717, 1.165) is 26.6 Å². The second-order valence-electron chi connectivity index (χ2n) is 5.83. The third kappa shape index (κ3) is 4.45. The summed E-state index contributed by atoms with van der Waals surface area (Å²) in [5.74, 6) is 0.960. The van der Waals surface area contributed by atoms with Gasteiger partial charge in [-0.05, 0) is 85.4 Å². The SMILES string of the molecule is CCc1ccc(N=C2NC(=O)C(=Cc3cc(OC)c(OC)c(Br)c3Br)S2)cc1. The molecule has 1 fully saturated rings. The number of carbonyl (C=O) groups is 1. The lowest BCUT2D eigenvalue weighted by Gasteiger charge is -2.13. The fourth-order valence-corrected chi connectivity index (χ4v) is 4.42. The van der Waals surface area contributed by atoms with Gasteiger partial charge in [0.15, 0.2) is 16.7 Å². The Morgan fingerprint density at radius 1 is 1.14 bits per heavy atom. The Kier molecular flexibility index (Phi) is 6.85. The molecule has 0 spiro atoms. The van der Waals surface area contributed by atoms with Crippen LogP contribution >= 0.6 is 43.6 Å². The van der Waals surface area contributed by atoms with Gasteiger partial charge >= 0.3 is 0 Å². The molecule has 5 nitrogen and oxygen atoms in total. The Hall–Kier alpha value is -1.77. The van der Waals surface area contributed by atoms with Gasteiger partial charge in [-0.25, -0.2) is 4.99 Å². The maximum absolute atomic E-state index is 12.4. The Bertz CT molecular complexity index is 972. The molecule has 1 aliphatic rings. The van der Waals surface area contributed by atoms with E-state index in [-0.39, 0.29) is 5.91 Å². The zero-order valence-electron chi connectivity index (χ0n) is 15.5. The molecule has 1 saturated heterocycles. The van der Waals surface area contributed by atoms with Crippen molar-refractivity contribution in [2.75, 3.05) is 14.2 Å². The smallest absolute Gasteiger partial charge is 0.264 e. The average Bonchev–Trinajstić information content (AvgIpc) is 3.04. The van der Waals surface area contributed by atoms with Gasteiger partial charge in [0.05, 0.1) is 29.3 Å². The zero-order valence-corrected chi connectivity index (χ0v) is 19.5. The molecule has 3 rings (SSSR count). The van der Waals surface area contributed by atoms with E-state index in [4.69, 9.17) is 9.47 Å². The number of rotatable bonds is 5. The minimum atomic E-state index is -0.188. The van der Waals surface area contributed by atoms with Crippen molar-refractivity contribution in [1.29, 1.82) is 0 Å². The van der Waals surface area contributed by atoms with Crippen LogP contribution in [0.4, 0.5) is 5.69 Å². The van der Waals surface area contributed by atoms with Gasteiger partial charge < -0.3 is 14.8 Å². The highest BCUT2D eigenvalue weighted by molar-refractivity contribution is 9.13. The van der Waals surface area contributed by atoms with Gasteiger partial charge in [-0.3, -0.25) is 4.79 Å². The molecular weight excluding hydrogens is 508 g/mol. The number of benzene rings is 2. The third-order valence-electron chi connectivity index (χ3n) is 4.09. The number of methoxy groups -OCH3 is 2. The predicted octanol–water partition coefficient (Wildman–Crippen LogP) is 5.68. The van der Waals surface area contributed by atoms with E-state index < -0.39 is 0 Å². The van der Waals surface area contributed by atoms with Crippen LogP contribution in [0.1, 0.15) is 18.1 Å². The van der Waals surface area contributed by atoms with Crippen molar-refractivity contribution in [3.05, 3.63) is 55.3 Å². The molecule has 0 aromatic heterocycles. The molecule has 2 aromatic rings. The molecule has 1 amide bonds. The van der Waals surface area contributed by atoms with Crippen molar-refractivity contribution < 1.29 is 14.3 Å². The number of halogens is 2. The molecule has 1 heterocycles. The number of thioether (sulfide) groups is 1. The van der Waals surface area contributed by atoms with Crippen LogP contribution in [-0.2, 0) is 11.2 Å². The zero-order chi connectivity index (χ0) is 20.3. The summed E-state index contributed by atoms with van der Waals surface area (Å²) in [7, 11) is 3.14. The highest BCUT2D eigenvalue weighted by Gasteiger charge is 2.25. The van der Waals surface area contributed by atoms with Crippen molar-refractivity contribution >= 4 is 66.5 Å². The first-order chi connectivity index (χ1) is 13.5. The van der Waals surface area contributed by atoms with Crippen LogP contribution < -0.4 is 14.8 Å². The second-order valence-corrected chi connectivity index (χ2v) is 8.45. The van der Waals surface area contributed by atoms with Gasteiger partial charge in [0.2, 0.25) is 0 Å². The van der Waals surface area contributed by atoms with Crippen molar-refractivity contribution in [1.82, 2.24) is 5.32 Å². The Morgan fingerprint density at radius 2 is 1.86 bits per heavy atom. The first kappa shape index (κ1) is 21.0. The van der Waals surface area contributed by atoms with Crippen LogP contribution in [0.25, 0.3) is 6.08 Å². The molecule has 0 radical (unpaired) electrons. The van der Waals surface area contributed by atoms with E-state index in [9.17, 15) is 4.79 Å². The lowest BCUT2D eigenvalue weighted by atomic mass is 10.2. The van der Waals surface area contributed by atoms with Crippen LogP contribution in [0.3, 0.4) is 0 Å². The van der Waals surface area contributed by atoms with Crippen molar-refractivity contribution in [2.24, 2.45) is 4.99 Å². The lowest BCUT2D eigenvalue weighted by Crippen LogP contribution is -2.19. The maximum atomic E-state index is 12.4. The first-order valence-electron chi connectivity index (χ1n) is 8.45. The molecule has 146 valence electrons. The Labute approximate surface area is 184 Å². The molecular formula is C20H18Br2N2O3S. The summed E-state index contributed by atoms with van der Waals surface area (Å²) in [4.78, 5) is 17.5. The van der Waals surface area contributed by atoms with Crippen molar-refractivity contribution in [3.8, 4) is 11.5 Å². The Balaban J connectivity index is 1.90. The number of nitrogens with zero attached hydrogens (tertiary/aromatic N) is 1. The maximum Gasteiger partial charge on any atom is 0.264 e. The van der Waals surface area contributed by atoms with Gasteiger partial charge in [0.1, 0.15) is 0 Å². The summed E-state index contributed by atoms with van der Waals surface area (Å²) < 4.78 is 12.2. The van der Waals surface area contributed by atoms with Gasteiger partial charge in [0, 0.05) is 4.47 Å². The number of aliphatic imine (C=N–C) groups is 1. The third-order valence-corrected chi connectivity index (χ3v) is 7.15. The van der Waals surface area contributed by atoms with Crippen LogP contribution in [-0.4, -0.2) is 25.3 Å². The van der Waals surface area contributed by atoms with E-state index in [0.29, 0.717) is 21.6 Å². The highest BCUT2D eigenvalue weighted by Crippen LogP contribution is 2.43. The monoisotopic (exact) mass is 524 g/mol. The minimum Gasteiger partial charge on any atom is -0.493 e. The van der Waals surface area contributed by atoms with Crippen LogP contribution in [0.15, 0.2) is 49.2 Å². The van der Waals surface area contributed by atoms with Gasteiger partial charge in [0.25, 0.3) is 5.91 Å². The fraction of sp³-hybridized carbons (Fsp3) is 0.200. The summed E-state index contributed by atoms with van der Waals surface area (Å²) >= 11 is 8.35. The van der Waals surface area contributed by atoms with Crippen molar-refractivity contribution in [3.63, 3.8) is 0 Å². The molecule has 28 heavy (non-hydrogen) atoms. The van der Waals surface area contributed by atoms with Crippen LogP contribution in [0, 0.1) is 0 Å². The molecule has 0 unspecified atom stereocenters. The van der Waals surface area contributed by atoms with E-state index in [1.807, 2.05) is 30.3 Å². The van der Waals surface area contributed by atoms with Gasteiger partial charge in [-0.15, -0.1) is 0 Å². The molecule has 0 saturated carbocycles. The summed E-state index contributed by atoms with van der Waals surface area (Å²) in [5.41, 5.74) is 2.84. The molecule has 8 heteroatoms. The predicted molar refractivity (Wildman–Crippen MR) is 122 cm³/mol. The summed E-state index contributed by atoms with van der Waals surface area (Å²) in [6.07, 6.45) is 2.77. The number of amidine groups is 1. The van der Waals surface area contributed by atoms with E-state index in [1.54, 1.807) is 20.3 Å². The van der Waals surface area contributed by atoms with E-state index in [1.165, 1.54) is 17.3 Å². The molecule has 1 N–H and O–H groups in total. The van der Waals surface area contributed by atoms with Gasteiger partial charge in [-0.1, -0.05) is 19.1 Å². The molecule has 0 bridgehead atoms. The lowest BCUT2D eigenvalue weighted by molar-refractivity contribution is -0.115. The standard InChI is InChI=1S/C20H18Br2N2O3S/c1-4-11-5-7-13(8-6-11)23-20-24-19(25)15(28-20)10-12-9-14(26-2)18(27-3)17(22)16(12)21/h5-10H,4H2,1-3H3,(H,23,24,25). The van der Waals surface area contributed by atoms with Gasteiger partial charge in [-0.2, -0.15) is 0 Å². The summed E-state index contributed by atoms with van der Waals surface area (Å²) in [6.45, 7) is 2.11. The number of amides is 1.